The van der Waals surface area contributed by atoms with Crippen molar-refractivity contribution >= 4 is 6.29 Å². The highest BCUT2D eigenvalue weighted by atomic mass is 16.3. The molecular formula is C9H7NO2. The first-order valence-corrected chi connectivity index (χ1v) is 3.41. The van der Waals surface area contributed by atoms with Crippen LogP contribution in [0.4, 0.5) is 0 Å². The highest BCUT2D eigenvalue weighted by Gasteiger charge is 2.03. The molecule has 3 heteroatoms. The number of hydrogen-bond donors (Lipinski definition) is 1. The number of hydrogen-bond acceptors (Lipinski definition) is 3. The Morgan fingerprint density at radius 2 is 2.00 bits per heavy atom. The van der Waals surface area contributed by atoms with E-state index in [9.17, 15) is 4.79 Å². The minimum Gasteiger partial charge on any atom is -0.381 e. The molecule has 1 aromatic rings. The van der Waals surface area contributed by atoms with Crippen molar-refractivity contribution in [2.75, 3.05) is 0 Å². The van der Waals surface area contributed by atoms with E-state index in [0.717, 1.165) is 0 Å². The molecular weight excluding hydrogens is 154 g/mol. The van der Waals surface area contributed by atoms with Crippen LogP contribution >= 0.6 is 0 Å². The number of benzene rings is 1. The average Bonchev–Trinajstić information content (AvgIpc) is 2.17. The molecule has 0 bridgehead atoms. The normalized spacial score (nSPS) is 11.7. The Bertz CT molecular complexity index is 310. The average molecular weight is 161 g/mol. The third-order valence-corrected chi connectivity index (χ3v) is 1.51. The van der Waals surface area contributed by atoms with E-state index < -0.39 is 6.10 Å². The van der Waals surface area contributed by atoms with E-state index in [4.69, 9.17) is 10.4 Å². The maximum absolute atomic E-state index is 10.1. The molecule has 12 heavy (non-hydrogen) atoms. The van der Waals surface area contributed by atoms with Crippen molar-refractivity contribution in [3.8, 4) is 6.07 Å². The summed E-state index contributed by atoms with van der Waals surface area (Å²) in [5, 5.41) is 17.5. The molecule has 60 valence electrons. The van der Waals surface area contributed by atoms with Gasteiger partial charge in [0.25, 0.3) is 0 Å². The Kier molecular flexibility index (Phi) is 2.57. The van der Waals surface area contributed by atoms with E-state index in [1.807, 2.05) is 6.07 Å². The van der Waals surface area contributed by atoms with Crippen LogP contribution in [0.1, 0.15) is 17.2 Å². The van der Waals surface area contributed by atoms with Gasteiger partial charge in [-0.15, -0.1) is 0 Å². The van der Waals surface area contributed by atoms with E-state index in [0.29, 0.717) is 17.4 Å². The predicted molar refractivity (Wildman–Crippen MR) is 42.2 cm³/mol. The summed E-state index contributed by atoms with van der Waals surface area (Å²) < 4.78 is 0. The Morgan fingerprint density at radius 1 is 1.42 bits per heavy atom. The first-order chi connectivity index (χ1) is 5.77. The van der Waals surface area contributed by atoms with Crippen LogP contribution in [0.2, 0.25) is 0 Å². The molecule has 0 fully saturated rings. The lowest BCUT2D eigenvalue weighted by Crippen LogP contribution is -1.97. The molecule has 1 rings (SSSR count). The molecule has 1 unspecified atom stereocenters. The first kappa shape index (κ1) is 8.44. The summed E-state index contributed by atoms with van der Waals surface area (Å²) in [6.07, 6.45) is -0.640. The van der Waals surface area contributed by atoms with Crippen LogP contribution < -0.4 is 0 Å². The summed E-state index contributed by atoms with van der Waals surface area (Å²) in [7, 11) is 0. The molecule has 0 amide bonds. The Balaban J connectivity index is 2.93. The second-order valence-electron chi connectivity index (χ2n) is 2.31. The maximum Gasteiger partial charge on any atom is 0.153 e. The quantitative estimate of drug-likeness (QED) is 0.652. The summed E-state index contributed by atoms with van der Waals surface area (Å²) in [4.78, 5) is 10.1. The van der Waals surface area contributed by atoms with Crippen LogP contribution in [0, 0.1) is 11.3 Å². The van der Waals surface area contributed by atoms with E-state index in [1.54, 1.807) is 24.3 Å². The Labute approximate surface area is 69.9 Å². The molecule has 0 saturated heterocycles. The van der Waals surface area contributed by atoms with Gasteiger partial charge < -0.3 is 9.90 Å². The zero-order chi connectivity index (χ0) is 8.97. The van der Waals surface area contributed by atoms with E-state index in [2.05, 4.69) is 0 Å². The van der Waals surface area contributed by atoms with Crippen molar-refractivity contribution in [3.05, 3.63) is 35.4 Å². The topological polar surface area (TPSA) is 61.1 Å². The minimum absolute atomic E-state index is 0.446. The van der Waals surface area contributed by atoms with Gasteiger partial charge in [-0.25, -0.2) is 0 Å². The van der Waals surface area contributed by atoms with Crippen molar-refractivity contribution in [1.82, 2.24) is 0 Å². The van der Waals surface area contributed by atoms with Gasteiger partial charge in [-0.05, 0) is 17.7 Å². The fourth-order valence-corrected chi connectivity index (χ4v) is 0.833. The lowest BCUT2D eigenvalue weighted by molar-refractivity contribution is -0.115. The molecule has 0 heterocycles. The second kappa shape index (κ2) is 3.65. The number of aliphatic hydroxyl groups is 1. The van der Waals surface area contributed by atoms with Gasteiger partial charge in [-0.2, -0.15) is 5.26 Å². The smallest absolute Gasteiger partial charge is 0.153 e. The van der Waals surface area contributed by atoms with Crippen LogP contribution in [-0.4, -0.2) is 11.4 Å². The highest BCUT2D eigenvalue weighted by molar-refractivity contribution is 5.59. The molecule has 3 nitrogen and oxygen atoms in total. The molecule has 0 aromatic heterocycles. The van der Waals surface area contributed by atoms with Gasteiger partial charge in [-0.3, -0.25) is 0 Å². The number of nitriles is 1. The summed E-state index contributed by atoms with van der Waals surface area (Å²) in [5.41, 5.74) is 1.01. The summed E-state index contributed by atoms with van der Waals surface area (Å²) in [6, 6.07) is 8.16. The summed E-state index contributed by atoms with van der Waals surface area (Å²) in [6.45, 7) is 0. The number of aldehydes is 1. The van der Waals surface area contributed by atoms with Crippen molar-refractivity contribution in [2.45, 2.75) is 6.10 Å². The lowest BCUT2D eigenvalue weighted by atomic mass is 10.1. The standard InChI is InChI=1S/C9H7NO2/c10-5-7-1-3-8(4-2-7)9(12)6-11/h1-4,6,9,12H. The Morgan fingerprint density at radius 3 is 2.42 bits per heavy atom. The Hall–Kier alpha value is -1.66. The fourth-order valence-electron chi connectivity index (χ4n) is 0.833. The molecule has 0 aliphatic rings. The summed E-state index contributed by atoms with van der Waals surface area (Å²) in [5.74, 6) is 0. The molecule has 1 N–H and O–H groups in total. The van der Waals surface area contributed by atoms with Gasteiger partial charge in [0, 0.05) is 0 Å². The van der Waals surface area contributed by atoms with E-state index >= 15 is 0 Å². The highest BCUT2D eigenvalue weighted by Crippen LogP contribution is 2.10. The third-order valence-electron chi connectivity index (χ3n) is 1.51. The maximum atomic E-state index is 10.1. The van der Waals surface area contributed by atoms with Crippen LogP contribution in [0.25, 0.3) is 0 Å². The first-order valence-electron chi connectivity index (χ1n) is 3.41. The number of carbonyl (C=O) groups excluding carboxylic acids is 1. The number of carbonyl (C=O) groups is 1. The van der Waals surface area contributed by atoms with Gasteiger partial charge in [-0.1, -0.05) is 12.1 Å². The lowest BCUT2D eigenvalue weighted by Gasteiger charge is -2.01. The molecule has 0 aliphatic heterocycles. The largest absolute Gasteiger partial charge is 0.381 e. The monoisotopic (exact) mass is 161 g/mol. The van der Waals surface area contributed by atoms with Gasteiger partial charge in [0.05, 0.1) is 11.6 Å². The predicted octanol–water partition coefficient (Wildman–Crippen LogP) is 0.791. The van der Waals surface area contributed by atoms with Crippen molar-refractivity contribution < 1.29 is 9.90 Å². The van der Waals surface area contributed by atoms with Gasteiger partial charge >= 0.3 is 0 Å². The van der Waals surface area contributed by atoms with E-state index in [1.165, 1.54) is 0 Å². The van der Waals surface area contributed by atoms with Crippen molar-refractivity contribution in [1.29, 1.82) is 5.26 Å². The van der Waals surface area contributed by atoms with Crippen LogP contribution in [0.3, 0.4) is 0 Å². The van der Waals surface area contributed by atoms with Crippen LogP contribution in [0.15, 0.2) is 24.3 Å². The molecule has 0 radical (unpaired) electrons. The zero-order valence-corrected chi connectivity index (χ0v) is 6.27. The SMILES string of the molecule is N#Cc1ccc(C(O)C=O)cc1. The number of nitrogens with zero attached hydrogens (tertiary/aromatic N) is 1. The summed E-state index contributed by atoms with van der Waals surface area (Å²) >= 11 is 0. The molecule has 0 saturated carbocycles. The fraction of sp³-hybridized carbons (Fsp3) is 0.111. The van der Waals surface area contributed by atoms with Crippen molar-refractivity contribution in [3.63, 3.8) is 0 Å². The van der Waals surface area contributed by atoms with Gasteiger partial charge in [0.1, 0.15) is 6.10 Å². The molecule has 0 spiro atoms. The van der Waals surface area contributed by atoms with Gasteiger partial charge in [0.2, 0.25) is 0 Å². The van der Waals surface area contributed by atoms with Gasteiger partial charge in [0.15, 0.2) is 6.29 Å². The van der Waals surface area contributed by atoms with Crippen molar-refractivity contribution in [2.24, 2.45) is 0 Å². The van der Waals surface area contributed by atoms with Crippen LogP contribution in [-0.2, 0) is 4.79 Å². The van der Waals surface area contributed by atoms with E-state index in [-0.39, 0.29) is 0 Å². The number of rotatable bonds is 2. The number of aliphatic hydroxyl groups excluding tert-OH is 1. The second-order valence-corrected chi connectivity index (χ2v) is 2.31. The molecule has 1 aromatic carbocycles. The zero-order valence-electron chi connectivity index (χ0n) is 6.27. The minimum atomic E-state index is -1.09. The molecule has 0 aliphatic carbocycles. The third kappa shape index (κ3) is 1.68. The van der Waals surface area contributed by atoms with Crippen LogP contribution in [0.5, 0.6) is 0 Å². The molecule has 1 atom stereocenters.